The van der Waals surface area contributed by atoms with Gasteiger partial charge in [-0.15, -0.1) is 0 Å². The molecular weight excluding hydrogens is 202 g/mol. The number of rotatable bonds is 5. The number of ether oxygens (including phenoxy) is 1. The van der Waals surface area contributed by atoms with Crippen molar-refractivity contribution in [2.24, 2.45) is 7.05 Å². The maximum absolute atomic E-state index is 5.74. The molecule has 0 amide bonds. The number of imidazole rings is 1. The quantitative estimate of drug-likeness (QED) is 0.760. The van der Waals surface area contributed by atoms with Gasteiger partial charge in [0.1, 0.15) is 5.82 Å². The Labute approximate surface area is 97.0 Å². The van der Waals surface area contributed by atoms with Crippen molar-refractivity contribution in [1.29, 1.82) is 0 Å². The molecule has 2 rings (SSSR count). The Morgan fingerprint density at radius 3 is 3.06 bits per heavy atom. The summed E-state index contributed by atoms with van der Waals surface area (Å²) < 4.78 is 7.80. The second kappa shape index (κ2) is 5.46. The van der Waals surface area contributed by atoms with Gasteiger partial charge in [-0.25, -0.2) is 4.98 Å². The zero-order valence-corrected chi connectivity index (χ0v) is 10.1. The fraction of sp³-hybridized carbons (Fsp3) is 0.750. The zero-order chi connectivity index (χ0) is 11.4. The van der Waals surface area contributed by atoms with Crippen LogP contribution < -0.4 is 5.32 Å². The minimum absolute atomic E-state index is 0.413. The van der Waals surface area contributed by atoms with Crippen LogP contribution in [0.1, 0.15) is 25.6 Å². The highest BCUT2D eigenvalue weighted by molar-refractivity contribution is 4.91. The van der Waals surface area contributed by atoms with Gasteiger partial charge < -0.3 is 14.6 Å². The number of aromatic nitrogens is 2. The molecule has 2 heterocycles. The molecule has 4 nitrogen and oxygen atoms in total. The molecule has 0 saturated carbocycles. The lowest BCUT2D eigenvalue weighted by atomic mass is 10.2. The van der Waals surface area contributed by atoms with Crippen LogP contribution in [0.4, 0.5) is 0 Å². The van der Waals surface area contributed by atoms with Crippen LogP contribution in [-0.4, -0.2) is 34.8 Å². The summed E-state index contributed by atoms with van der Waals surface area (Å²) in [5, 5.41) is 3.44. The van der Waals surface area contributed by atoms with Gasteiger partial charge in [0.2, 0.25) is 0 Å². The molecular formula is C12H21N3O. The van der Waals surface area contributed by atoms with Crippen molar-refractivity contribution in [2.75, 3.05) is 13.1 Å². The van der Waals surface area contributed by atoms with Crippen molar-refractivity contribution in [3.8, 4) is 0 Å². The van der Waals surface area contributed by atoms with Gasteiger partial charge in [-0.05, 0) is 19.8 Å². The molecule has 0 aliphatic carbocycles. The van der Waals surface area contributed by atoms with Crippen LogP contribution in [0, 0.1) is 0 Å². The molecule has 90 valence electrons. The van der Waals surface area contributed by atoms with Gasteiger partial charge in [-0.3, -0.25) is 0 Å². The summed E-state index contributed by atoms with van der Waals surface area (Å²) in [7, 11) is 2.03. The smallest absolute Gasteiger partial charge is 0.109 e. The van der Waals surface area contributed by atoms with Crippen molar-refractivity contribution in [3.63, 3.8) is 0 Å². The van der Waals surface area contributed by atoms with Crippen LogP contribution in [0.3, 0.4) is 0 Å². The van der Waals surface area contributed by atoms with E-state index >= 15 is 0 Å². The van der Waals surface area contributed by atoms with E-state index in [0.717, 1.165) is 25.3 Å². The van der Waals surface area contributed by atoms with Crippen molar-refractivity contribution in [2.45, 2.75) is 38.4 Å². The molecule has 16 heavy (non-hydrogen) atoms. The summed E-state index contributed by atoms with van der Waals surface area (Å²) in [5.74, 6) is 1.13. The molecule has 1 saturated heterocycles. The summed E-state index contributed by atoms with van der Waals surface area (Å²) in [6, 6.07) is 0. The molecule has 0 spiro atoms. The zero-order valence-electron chi connectivity index (χ0n) is 10.1. The molecule has 4 heteroatoms. The summed E-state index contributed by atoms with van der Waals surface area (Å²) in [4.78, 5) is 4.29. The molecule has 1 aromatic heterocycles. The first-order valence-corrected chi connectivity index (χ1v) is 6.08. The fourth-order valence-corrected chi connectivity index (χ4v) is 2.14. The largest absolute Gasteiger partial charge is 0.374 e. The lowest BCUT2D eigenvalue weighted by molar-refractivity contribution is 0.0562. The maximum atomic E-state index is 5.74. The highest BCUT2D eigenvalue weighted by atomic mass is 16.5. The van der Waals surface area contributed by atoms with Gasteiger partial charge in [0.25, 0.3) is 0 Å². The van der Waals surface area contributed by atoms with Gasteiger partial charge in [0.15, 0.2) is 0 Å². The maximum Gasteiger partial charge on any atom is 0.109 e. The Bertz CT molecular complexity index is 324. The Morgan fingerprint density at radius 1 is 1.56 bits per heavy atom. The van der Waals surface area contributed by atoms with E-state index < -0.39 is 0 Å². The summed E-state index contributed by atoms with van der Waals surface area (Å²) in [6.45, 7) is 4.09. The van der Waals surface area contributed by atoms with Crippen molar-refractivity contribution in [1.82, 2.24) is 14.9 Å². The Hall–Kier alpha value is -0.870. The molecule has 2 unspecified atom stereocenters. The number of nitrogens with one attached hydrogen (secondary N) is 1. The molecule has 1 fully saturated rings. The second-order valence-electron chi connectivity index (χ2n) is 4.55. The van der Waals surface area contributed by atoms with Gasteiger partial charge in [0.05, 0.1) is 12.2 Å². The van der Waals surface area contributed by atoms with Gasteiger partial charge in [0, 0.05) is 39.0 Å². The molecule has 1 aromatic rings. The SMILES string of the molecule is CC1CCC(CNCCc2nccn2C)O1. The van der Waals surface area contributed by atoms with Crippen molar-refractivity contribution < 1.29 is 4.74 Å². The average Bonchev–Trinajstić information content (AvgIpc) is 2.83. The highest BCUT2D eigenvalue weighted by Gasteiger charge is 2.20. The molecule has 1 aliphatic heterocycles. The third-order valence-electron chi connectivity index (χ3n) is 3.14. The predicted molar refractivity (Wildman–Crippen MR) is 63.4 cm³/mol. The number of hydrogen-bond donors (Lipinski definition) is 1. The van der Waals surface area contributed by atoms with Crippen LogP contribution in [0.2, 0.25) is 0 Å². The van der Waals surface area contributed by atoms with Crippen LogP contribution in [0.25, 0.3) is 0 Å². The first kappa shape index (κ1) is 11.6. The van der Waals surface area contributed by atoms with E-state index in [1.54, 1.807) is 0 Å². The van der Waals surface area contributed by atoms with E-state index in [0.29, 0.717) is 12.2 Å². The van der Waals surface area contributed by atoms with E-state index in [-0.39, 0.29) is 0 Å². The van der Waals surface area contributed by atoms with Crippen molar-refractivity contribution in [3.05, 3.63) is 18.2 Å². The fourth-order valence-electron chi connectivity index (χ4n) is 2.14. The van der Waals surface area contributed by atoms with E-state index in [1.165, 1.54) is 12.8 Å². The van der Waals surface area contributed by atoms with Crippen LogP contribution in [-0.2, 0) is 18.2 Å². The van der Waals surface area contributed by atoms with Crippen LogP contribution in [0.15, 0.2) is 12.4 Å². The van der Waals surface area contributed by atoms with Crippen LogP contribution >= 0.6 is 0 Å². The number of hydrogen-bond acceptors (Lipinski definition) is 3. The Morgan fingerprint density at radius 2 is 2.44 bits per heavy atom. The van der Waals surface area contributed by atoms with Gasteiger partial charge in [-0.1, -0.05) is 0 Å². The molecule has 2 atom stereocenters. The summed E-state index contributed by atoms with van der Waals surface area (Å²) in [6.07, 6.45) is 8.06. The lowest BCUT2D eigenvalue weighted by Gasteiger charge is -2.11. The first-order valence-electron chi connectivity index (χ1n) is 6.08. The Kier molecular flexibility index (Phi) is 3.96. The summed E-state index contributed by atoms with van der Waals surface area (Å²) in [5.41, 5.74) is 0. The second-order valence-corrected chi connectivity index (χ2v) is 4.55. The third-order valence-corrected chi connectivity index (χ3v) is 3.14. The van der Waals surface area contributed by atoms with E-state index in [2.05, 4.69) is 21.8 Å². The average molecular weight is 223 g/mol. The van der Waals surface area contributed by atoms with E-state index in [4.69, 9.17) is 4.74 Å². The lowest BCUT2D eigenvalue weighted by Crippen LogP contribution is -2.28. The third kappa shape index (κ3) is 3.06. The predicted octanol–water partition coefficient (Wildman–Crippen LogP) is 1.12. The topological polar surface area (TPSA) is 39.1 Å². The van der Waals surface area contributed by atoms with E-state index in [9.17, 15) is 0 Å². The van der Waals surface area contributed by atoms with Gasteiger partial charge in [-0.2, -0.15) is 0 Å². The number of nitrogens with zero attached hydrogens (tertiary/aromatic N) is 2. The molecule has 0 radical (unpaired) electrons. The molecule has 0 aromatic carbocycles. The van der Waals surface area contributed by atoms with Crippen LogP contribution in [0.5, 0.6) is 0 Å². The Balaban J connectivity index is 1.60. The monoisotopic (exact) mass is 223 g/mol. The normalized spacial score (nSPS) is 25.1. The minimum atomic E-state index is 0.413. The molecule has 0 bridgehead atoms. The van der Waals surface area contributed by atoms with Crippen molar-refractivity contribution >= 4 is 0 Å². The minimum Gasteiger partial charge on any atom is -0.374 e. The van der Waals surface area contributed by atoms with Gasteiger partial charge >= 0.3 is 0 Å². The molecule has 1 aliphatic rings. The van der Waals surface area contributed by atoms with E-state index in [1.807, 2.05) is 19.4 Å². The molecule has 1 N–H and O–H groups in total. The summed E-state index contributed by atoms with van der Waals surface area (Å²) >= 11 is 0. The number of aryl methyl sites for hydroxylation is 1. The standard InChI is InChI=1S/C12H21N3O/c1-10-3-4-11(16-10)9-13-6-5-12-14-7-8-15(12)2/h7-8,10-11,13H,3-6,9H2,1-2H3. The first-order chi connectivity index (χ1) is 7.75. The highest BCUT2D eigenvalue weighted by Crippen LogP contribution is 2.17.